The highest BCUT2D eigenvalue weighted by Gasteiger charge is 2.47. The van der Waals surface area contributed by atoms with Crippen LogP contribution in [0.5, 0.6) is 0 Å². The lowest BCUT2D eigenvalue weighted by atomic mass is 9.33. The van der Waals surface area contributed by atoms with Gasteiger partial charge in [-0.15, -0.1) is 0 Å². The summed E-state index contributed by atoms with van der Waals surface area (Å²) in [5.74, 6) is 1.63. The van der Waals surface area contributed by atoms with Crippen LogP contribution >= 0.6 is 0 Å². The van der Waals surface area contributed by atoms with Gasteiger partial charge in [-0.25, -0.2) is 44.9 Å². The molecule has 0 bridgehead atoms. The van der Waals surface area contributed by atoms with E-state index < -0.39 is 121 Å². The van der Waals surface area contributed by atoms with Crippen molar-refractivity contribution in [2.75, 3.05) is 9.80 Å². The van der Waals surface area contributed by atoms with E-state index in [-0.39, 0.29) is 176 Å². The quantitative estimate of drug-likeness (QED) is 0.0807. The van der Waals surface area contributed by atoms with Crippen molar-refractivity contribution in [3.8, 4) is 158 Å². The second-order valence-electron chi connectivity index (χ2n) is 35.6. The van der Waals surface area contributed by atoms with Crippen LogP contribution in [-0.2, 0) is 5.41 Å². The largest absolute Gasteiger partial charge is 0.310 e. The minimum Gasteiger partial charge on any atom is -0.310 e. The van der Waals surface area contributed by atoms with E-state index in [1.54, 1.807) is 24.3 Å². The summed E-state index contributed by atoms with van der Waals surface area (Å²) in [7, 11) is 0. The highest BCUT2D eigenvalue weighted by Crippen LogP contribution is 2.56. The first-order chi connectivity index (χ1) is 77.9. The number of hydrogen-bond donors (Lipinski definition) is 0. The predicted molar refractivity (Wildman–Crippen MR) is 579 cm³/mol. The summed E-state index contributed by atoms with van der Waals surface area (Å²) in [6.45, 7) is 4.21. The maximum Gasteiger partial charge on any atom is 0.252 e. The third-order valence-corrected chi connectivity index (χ3v) is 26.1. The van der Waals surface area contributed by atoms with Crippen LogP contribution in [0.3, 0.4) is 0 Å². The van der Waals surface area contributed by atoms with Gasteiger partial charge in [0.15, 0.2) is 52.4 Å². The average Bonchev–Trinajstić information content (AvgIpc) is 1.14. The molecule has 2 aliphatic rings. The first-order valence-corrected chi connectivity index (χ1v) is 46.2. The van der Waals surface area contributed by atoms with Gasteiger partial charge >= 0.3 is 0 Å². The monoisotopic (exact) mass is 1820 g/mol. The number of nitrogens with zero attached hydrogens (tertiary/aromatic N) is 13. The van der Waals surface area contributed by atoms with Gasteiger partial charge in [0.1, 0.15) is 0 Å². The zero-order chi connectivity index (χ0) is 111. The number of benzene rings is 19. The summed E-state index contributed by atoms with van der Waals surface area (Å²) in [5, 5.41) is -0.895. The van der Waals surface area contributed by atoms with E-state index in [9.17, 15) is 27.4 Å². The van der Waals surface area contributed by atoms with E-state index in [1.165, 1.54) is 9.13 Å². The van der Waals surface area contributed by atoms with Gasteiger partial charge in [0.25, 0.3) is 6.71 Å². The molecule has 0 saturated heterocycles. The fourth-order valence-electron chi connectivity index (χ4n) is 19.6. The van der Waals surface area contributed by atoms with E-state index in [0.29, 0.717) is 72.1 Å². The van der Waals surface area contributed by atoms with E-state index in [2.05, 4.69) is 18.2 Å². The Morgan fingerprint density at radius 3 is 0.801 bits per heavy atom. The topological polar surface area (TPSA) is 132 Å². The van der Waals surface area contributed by atoms with Gasteiger partial charge in [-0.3, -0.25) is 0 Å². The number of para-hydroxylation sites is 6. The molecule has 26 rings (SSSR count). The molecule has 2 aliphatic heterocycles. The van der Waals surface area contributed by atoms with E-state index in [4.69, 9.17) is 44.9 Å². The third-order valence-electron chi connectivity index (χ3n) is 26.1. The molecule has 0 N–H and O–H groups in total. The van der Waals surface area contributed by atoms with Gasteiger partial charge in [-0.05, 0) is 163 Å². The minimum atomic E-state index is -1.25. The molecule has 0 spiro atoms. The molecular formula is C127H86BN13. The molecule has 7 heterocycles. The van der Waals surface area contributed by atoms with Crippen molar-refractivity contribution in [2.45, 2.75) is 26.2 Å². The molecule has 0 fully saturated rings. The summed E-state index contributed by atoms with van der Waals surface area (Å²) in [4.78, 5) is 53.8. The van der Waals surface area contributed by atoms with Crippen LogP contribution < -0.4 is 26.2 Å². The first-order valence-electron chi connectivity index (χ1n) is 56.2. The Labute approximate surface area is 844 Å². The van der Waals surface area contributed by atoms with Gasteiger partial charge in [-0.2, -0.15) is 0 Å². The Morgan fingerprint density at radius 1 is 0.220 bits per heavy atom. The van der Waals surface area contributed by atoms with Crippen molar-refractivity contribution >= 4 is 101 Å². The standard InChI is InChI=1S/C127H86BN13/c1-127(2,3)94-68-66-83(67-69-94)92-77-113-115-114(78-92)141(117-103(125-134-120(86-46-20-8-21-47-86)130-121(135-125)87-48-22-9-23-49-87)60-37-61-104(117)126-136-122(88-50-24-10-25-51-88)131-123(137-126)89-52-26-11-27-53-89)112-80-96(139-109-64-34-30-56-100(109)101-57-31-35-65-110(101)139)71-73-106(112)128(115)105-72-70-95(138-107-62-32-28-54-98(107)99-55-29-33-63-108(99)138)79-111(105)140(113)116-97(93-75-90(81-38-12-4-13-39-81)74-91(76-93)82-40-14-5-15-41-82)58-36-59-102(116)124-132-118(84-42-16-6-17-43-84)129-119(133-124)85-44-18-7-19-45-85/h4-80H,1-3H3/i28D,29D,30D,31D,32D,33D,34D,35D,54D,55D,56D,57D,62D,63D,64D,65D,66D,67D,68D,69D. The number of fused-ring (bicyclic) bond motifs is 10. The molecular weight excluding hydrogens is 1720 g/mol. The van der Waals surface area contributed by atoms with Crippen LogP contribution in [0.2, 0.25) is 0 Å². The van der Waals surface area contributed by atoms with E-state index in [1.807, 2.05) is 334 Å². The average molecular weight is 1830 g/mol. The first kappa shape index (κ1) is 64.4. The SMILES string of the molecule is [2H]c1c([2H])c(C(C)(C)C)c([2H])c([2H])c1-c1cc2c3c(c1)N(c1c(-c4nc(-c5ccccc5)nc(-c5ccccc5)n4)cccc1-c1nc(-c4ccccc4)nc(-c4ccccc4)n1)c1cc(-n4c5c([2H])c([2H])c([2H])c([2H])c5c5c([2H])c([2H])c([2H])c([2H])c54)ccc1B3c1ccc(-n3c4c([2H])c([2H])c([2H])c([2H])c4c4c([2H])c([2H])c([2H])c([2H])c43)cc1N2c1c(-c2cc(-c3ccccc3)cc(-c3ccccc3)c2)cccc1-c1nc(-c2ccccc2)nc(-c2ccccc2)n1. The van der Waals surface area contributed by atoms with Crippen molar-refractivity contribution in [3.63, 3.8) is 0 Å². The fraction of sp³-hybridized carbons (Fsp3) is 0.0315. The Hall–Kier alpha value is -18.5. The smallest absolute Gasteiger partial charge is 0.252 e. The summed E-state index contributed by atoms with van der Waals surface area (Å²) in [6.07, 6.45) is 0. The molecule has 13 nitrogen and oxygen atoms in total. The van der Waals surface area contributed by atoms with Gasteiger partial charge in [0.2, 0.25) is 0 Å². The van der Waals surface area contributed by atoms with Crippen molar-refractivity contribution in [3.05, 3.63) is 472 Å². The maximum atomic E-state index is 11.0. The molecule has 662 valence electrons. The number of rotatable bonds is 17. The third kappa shape index (κ3) is 14.7. The molecule has 0 amide bonds. The molecule has 0 saturated carbocycles. The molecule has 24 aromatic rings. The van der Waals surface area contributed by atoms with Crippen LogP contribution in [0.15, 0.2) is 467 Å². The number of aromatic nitrogens is 11. The molecule has 14 heteroatoms. The van der Waals surface area contributed by atoms with Crippen LogP contribution in [0.25, 0.3) is 202 Å². The zero-order valence-corrected chi connectivity index (χ0v) is 75.8. The van der Waals surface area contributed by atoms with E-state index >= 15 is 0 Å². The van der Waals surface area contributed by atoms with Crippen LogP contribution in [-0.4, -0.2) is 60.7 Å². The Kier molecular flexibility index (Phi) is 15.7. The van der Waals surface area contributed by atoms with Crippen molar-refractivity contribution in [1.82, 2.24) is 54.0 Å². The molecule has 0 atom stereocenters. The van der Waals surface area contributed by atoms with Crippen molar-refractivity contribution < 1.29 is 27.4 Å². The van der Waals surface area contributed by atoms with Crippen molar-refractivity contribution in [2.24, 2.45) is 0 Å². The normalized spacial score (nSPS) is 14.2. The number of anilines is 6. The lowest BCUT2D eigenvalue weighted by Gasteiger charge is -2.46. The lowest BCUT2D eigenvalue weighted by Crippen LogP contribution is -2.61. The second kappa shape index (κ2) is 34.4. The van der Waals surface area contributed by atoms with E-state index in [0.717, 1.165) is 22.3 Å². The van der Waals surface area contributed by atoms with Gasteiger partial charge in [0, 0.05) is 111 Å². The second-order valence-corrected chi connectivity index (χ2v) is 35.6. The number of hydrogen-bond acceptors (Lipinski definition) is 11. The molecule has 0 radical (unpaired) electrons. The van der Waals surface area contributed by atoms with Gasteiger partial charge < -0.3 is 18.9 Å². The molecule has 0 unspecified atom stereocenters. The molecule has 19 aromatic carbocycles. The molecule has 5 aromatic heterocycles. The maximum absolute atomic E-state index is 11.0. The Bertz CT molecular complexity index is 9100. The lowest BCUT2D eigenvalue weighted by molar-refractivity contribution is 0.590. The molecule has 141 heavy (non-hydrogen) atoms. The van der Waals surface area contributed by atoms with Crippen LogP contribution in [0.4, 0.5) is 34.1 Å². The summed E-state index contributed by atoms with van der Waals surface area (Å²) < 4.78 is 203. The summed E-state index contributed by atoms with van der Waals surface area (Å²) >= 11 is 0. The molecule has 0 aliphatic carbocycles. The van der Waals surface area contributed by atoms with Crippen LogP contribution in [0.1, 0.15) is 53.7 Å². The van der Waals surface area contributed by atoms with Crippen molar-refractivity contribution in [1.29, 1.82) is 0 Å². The highest BCUT2D eigenvalue weighted by molar-refractivity contribution is 7.00. The Morgan fingerprint density at radius 2 is 0.489 bits per heavy atom. The minimum absolute atomic E-state index is 0.0390. The highest BCUT2D eigenvalue weighted by atomic mass is 15.2. The van der Waals surface area contributed by atoms with Gasteiger partial charge in [0.05, 0.1) is 60.9 Å². The van der Waals surface area contributed by atoms with Gasteiger partial charge in [-0.1, -0.05) is 390 Å². The fourth-order valence-corrected chi connectivity index (χ4v) is 19.6. The predicted octanol–water partition coefficient (Wildman–Crippen LogP) is 29.5. The zero-order valence-electron chi connectivity index (χ0n) is 95.8. The summed E-state index contributed by atoms with van der Waals surface area (Å²) in [5.41, 5.74) is 9.32. The Balaban J connectivity index is 0.911. The summed E-state index contributed by atoms with van der Waals surface area (Å²) in [6, 6.07) is 96.5. The van der Waals surface area contributed by atoms with Crippen LogP contribution in [0, 0.1) is 0 Å².